The number of hydrogen-bond donors (Lipinski definition) is 0. The van der Waals surface area contributed by atoms with E-state index >= 15 is 0 Å². The van der Waals surface area contributed by atoms with Gasteiger partial charge in [0.05, 0.1) is 0 Å². The van der Waals surface area contributed by atoms with Crippen LogP contribution in [0.2, 0.25) is 5.15 Å². The van der Waals surface area contributed by atoms with Crippen molar-refractivity contribution in [2.45, 2.75) is 25.2 Å². The summed E-state index contributed by atoms with van der Waals surface area (Å²) in [5.41, 5.74) is 2.57. The molecule has 2 nitrogen and oxygen atoms in total. The molecule has 0 spiro atoms. The largest absolute Gasteiger partial charge is 0.289 e. The van der Waals surface area contributed by atoms with E-state index in [1.165, 1.54) is 24.8 Å². The summed E-state index contributed by atoms with van der Waals surface area (Å²) >= 11 is 5.75. The van der Waals surface area contributed by atoms with Gasteiger partial charge in [0.15, 0.2) is 5.78 Å². The number of ketones is 1. The van der Waals surface area contributed by atoms with Crippen molar-refractivity contribution in [1.29, 1.82) is 0 Å². The van der Waals surface area contributed by atoms with Crippen molar-refractivity contribution >= 4 is 17.4 Å². The molecule has 0 saturated heterocycles. The van der Waals surface area contributed by atoms with E-state index in [-0.39, 0.29) is 5.78 Å². The molecule has 1 heterocycles. The van der Waals surface area contributed by atoms with Crippen molar-refractivity contribution in [2.24, 2.45) is 0 Å². The molecule has 1 saturated carbocycles. The molecule has 1 aliphatic rings. The summed E-state index contributed by atoms with van der Waals surface area (Å²) in [6.45, 7) is 0. The molecule has 3 rings (SSSR count). The highest BCUT2D eigenvalue weighted by molar-refractivity contribution is 6.29. The number of halogens is 1. The van der Waals surface area contributed by atoms with Crippen LogP contribution < -0.4 is 0 Å². The third-order valence-corrected chi connectivity index (χ3v) is 3.96. The van der Waals surface area contributed by atoms with Gasteiger partial charge in [-0.3, -0.25) is 4.79 Å². The van der Waals surface area contributed by atoms with Crippen molar-refractivity contribution in [2.75, 3.05) is 0 Å². The van der Waals surface area contributed by atoms with Gasteiger partial charge in [-0.15, -0.1) is 0 Å². The number of benzene rings is 1. The first-order valence-corrected chi connectivity index (χ1v) is 6.88. The summed E-state index contributed by atoms with van der Waals surface area (Å²) in [5.74, 6) is 0.576. The number of hydrogen-bond acceptors (Lipinski definition) is 2. The number of aromatic nitrogens is 1. The van der Waals surface area contributed by atoms with Crippen LogP contribution in [-0.4, -0.2) is 10.8 Å². The highest BCUT2D eigenvalue weighted by atomic mass is 35.5. The van der Waals surface area contributed by atoms with E-state index in [0.717, 1.165) is 5.56 Å². The molecule has 0 aliphatic heterocycles. The Balaban J connectivity index is 1.97. The summed E-state index contributed by atoms with van der Waals surface area (Å²) in [5, 5.41) is 0.406. The zero-order valence-electron chi connectivity index (χ0n) is 10.5. The average molecular weight is 272 g/mol. The minimum absolute atomic E-state index is 0.0340. The fourth-order valence-electron chi connectivity index (χ4n) is 2.44. The van der Waals surface area contributed by atoms with Gasteiger partial charge in [0.2, 0.25) is 0 Å². The predicted octanol–water partition coefficient (Wildman–Crippen LogP) is 4.23. The maximum atomic E-state index is 12.5. The average Bonchev–Trinajstić information content (AvgIpc) is 2.37. The molecule has 1 fully saturated rings. The van der Waals surface area contributed by atoms with Gasteiger partial charge in [0, 0.05) is 17.3 Å². The lowest BCUT2D eigenvalue weighted by Gasteiger charge is -2.27. The van der Waals surface area contributed by atoms with Crippen LogP contribution in [0.1, 0.15) is 46.7 Å². The van der Waals surface area contributed by atoms with E-state index in [4.69, 9.17) is 11.6 Å². The number of carbonyl (C=O) groups excluding carboxylic acids is 1. The standard InChI is InChI=1S/C16H14ClNO/c17-15-9-8-12(10-18-15)16(19)14-7-2-1-6-13(14)11-4-3-5-11/h1-2,6-11H,3-5H2. The van der Waals surface area contributed by atoms with Gasteiger partial charge in [-0.2, -0.15) is 0 Å². The van der Waals surface area contributed by atoms with Crippen LogP contribution in [0, 0.1) is 0 Å². The second-order valence-corrected chi connectivity index (χ2v) is 5.30. The normalized spacial score (nSPS) is 15.0. The Kier molecular flexibility index (Phi) is 3.34. The molecule has 19 heavy (non-hydrogen) atoms. The molecule has 0 atom stereocenters. The molecule has 3 heteroatoms. The molecule has 2 aromatic rings. The van der Waals surface area contributed by atoms with Crippen LogP contribution in [0.15, 0.2) is 42.6 Å². The molecule has 1 aromatic carbocycles. The number of carbonyl (C=O) groups is 1. The molecule has 0 unspecified atom stereocenters. The first-order valence-electron chi connectivity index (χ1n) is 6.51. The summed E-state index contributed by atoms with van der Waals surface area (Å²) in [6.07, 6.45) is 5.17. The van der Waals surface area contributed by atoms with Gasteiger partial charge in [-0.1, -0.05) is 42.3 Å². The van der Waals surface area contributed by atoms with E-state index in [1.54, 1.807) is 18.3 Å². The Bertz CT molecular complexity index is 602. The molecule has 1 aliphatic carbocycles. The Morgan fingerprint density at radius 2 is 1.95 bits per heavy atom. The number of rotatable bonds is 3. The number of pyridine rings is 1. The van der Waals surface area contributed by atoms with Crippen molar-refractivity contribution in [3.8, 4) is 0 Å². The lowest BCUT2D eigenvalue weighted by atomic mass is 9.77. The summed E-state index contributed by atoms with van der Waals surface area (Å²) in [7, 11) is 0. The van der Waals surface area contributed by atoms with E-state index in [9.17, 15) is 4.79 Å². The molecule has 1 aromatic heterocycles. The van der Waals surface area contributed by atoms with Gasteiger partial charge in [-0.05, 0) is 36.5 Å². The second-order valence-electron chi connectivity index (χ2n) is 4.91. The first kappa shape index (κ1) is 12.4. The maximum absolute atomic E-state index is 12.5. The van der Waals surface area contributed by atoms with Crippen molar-refractivity contribution in [1.82, 2.24) is 4.98 Å². The molecular formula is C16H14ClNO. The fraction of sp³-hybridized carbons (Fsp3) is 0.250. The Morgan fingerprint density at radius 1 is 1.16 bits per heavy atom. The maximum Gasteiger partial charge on any atom is 0.194 e. The first-order chi connectivity index (χ1) is 9.25. The van der Waals surface area contributed by atoms with Gasteiger partial charge >= 0.3 is 0 Å². The molecule has 0 N–H and O–H groups in total. The van der Waals surface area contributed by atoms with Crippen molar-refractivity contribution in [3.63, 3.8) is 0 Å². The van der Waals surface area contributed by atoms with E-state index in [2.05, 4.69) is 11.1 Å². The monoisotopic (exact) mass is 271 g/mol. The SMILES string of the molecule is O=C(c1ccc(Cl)nc1)c1ccccc1C1CCC1. The summed E-state index contributed by atoms with van der Waals surface area (Å²) < 4.78 is 0. The van der Waals surface area contributed by atoms with Crippen LogP contribution in [0.5, 0.6) is 0 Å². The third kappa shape index (κ3) is 2.41. The topological polar surface area (TPSA) is 30.0 Å². The lowest BCUT2D eigenvalue weighted by Crippen LogP contribution is -2.14. The number of nitrogens with zero attached hydrogens (tertiary/aromatic N) is 1. The van der Waals surface area contributed by atoms with Crippen LogP contribution in [0.4, 0.5) is 0 Å². The van der Waals surface area contributed by atoms with Gasteiger partial charge in [0.25, 0.3) is 0 Å². The van der Waals surface area contributed by atoms with E-state index < -0.39 is 0 Å². The Morgan fingerprint density at radius 3 is 2.58 bits per heavy atom. The predicted molar refractivity (Wildman–Crippen MR) is 75.7 cm³/mol. The lowest BCUT2D eigenvalue weighted by molar-refractivity contribution is 0.103. The fourth-order valence-corrected chi connectivity index (χ4v) is 2.56. The van der Waals surface area contributed by atoms with Crippen LogP contribution >= 0.6 is 11.6 Å². The Labute approximate surface area is 117 Å². The summed E-state index contributed by atoms with van der Waals surface area (Å²) in [4.78, 5) is 16.5. The molecule has 96 valence electrons. The van der Waals surface area contributed by atoms with Crippen LogP contribution in [0.25, 0.3) is 0 Å². The molecule has 0 bridgehead atoms. The van der Waals surface area contributed by atoms with Crippen LogP contribution in [0.3, 0.4) is 0 Å². The minimum atomic E-state index is 0.0340. The van der Waals surface area contributed by atoms with Gasteiger partial charge in [0.1, 0.15) is 5.15 Å². The van der Waals surface area contributed by atoms with Gasteiger partial charge in [-0.25, -0.2) is 4.98 Å². The van der Waals surface area contributed by atoms with Crippen molar-refractivity contribution < 1.29 is 4.79 Å². The zero-order chi connectivity index (χ0) is 13.2. The molecule has 0 amide bonds. The molecule has 0 radical (unpaired) electrons. The van der Waals surface area contributed by atoms with Crippen molar-refractivity contribution in [3.05, 3.63) is 64.4 Å². The van der Waals surface area contributed by atoms with E-state index in [1.807, 2.05) is 18.2 Å². The summed E-state index contributed by atoms with van der Waals surface area (Å²) in [6, 6.07) is 11.3. The third-order valence-electron chi connectivity index (χ3n) is 3.74. The highest BCUT2D eigenvalue weighted by Gasteiger charge is 2.24. The highest BCUT2D eigenvalue weighted by Crippen LogP contribution is 2.38. The smallest absolute Gasteiger partial charge is 0.194 e. The molecular weight excluding hydrogens is 258 g/mol. The minimum Gasteiger partial charge on any atom is -0.289 e. The van der Waals surface area contributed by atoms with E-state index in [0.29, 0.717) is 16.6 Å². The second kappa shape index (κ2) is 5.14. The zero-order valence-corrected chi connectivity index (χ0v) is 11.2. The van der Waals surface area contributed by atoms with Gasteiger partial charge < -0.3 is 0 Å². The quantitative estimate of drug-likeness (QED) is 0.617. The Hall–Kier alpha value is -1.67. The van der Waals surface area contributed by atoms with Crippen LogP contribution in [-0.2, 0) is 0 Å².